The summed E-state index contributed by atoms with van der Waals surface area (Å²) in [6, 6.07) is 6.11. The van der Waals surface area contributed by atoms with E-state index in [-0.39, 0.29) is 0 Å². The van der Waals surface area contributed by atoms with Crippen molar-refractivity contribution < 1.29 is 0 Å². The van der Waals surface area contributed by atoms with Gasteiger partial charge in [-0.3, -0.25) is 0 Å². The molecule has 1 heterocycles. The molecule has 0 radical (unpaired) electrons. The maximum absolute atomic E-state index is 3.51. The monoisotopic (exact) mass is 224 g/mol. The molecule has 0 bridgehead atoms. The number of rotatable bonds is 1. The quantitative estimate of drug-likeness (QED) is 0.767. The summed E-state index contributed by atoms with van der Waals surface area (Å²) in [5, 5.41) is 4.34. The highest BCUT2D eigenvalue weighted by molar-refractivity contribution is 9.10. The van der Waals surface area contributed by atoms with Gasteiger partial charge in [-0.25, -0.2) is 0 Å². The molecule has 0 aliphatic carbocycles. The molecule has 0 saturated heterocycles. The van der Waals surface area contributed by atoms with E-state index in [1.54, 1.807) is 0 Å². The molecule has 12 heavy (non-hydrogen) atoms. The van der Waals surface area contributed by atoms with Crippen molar-refractivity contribution in [3.8, 4) is 0 Å². The average Bonchev–Trinajstić information content (AvgIpc) is 2.49. The van der Waals surface area contributed by atoms with Gasteiger partial charge in [0.15, 0.2) is 0 Å². The maximum Gasteiger partial charge on any atom is 0.0606 e. The summed E-state index contributed by atoms with van der Waals surface area (Å²) in [6.07, 6.45) is 1.97. The number of aromatic amines is 1. The molecule has 2 aromatic rings. The molecule has 0 amide bonds. The average molecular weight is 225 g/mol. The van der Waals surface area contributed by atoms with Gasteiger partial charge in [-0.2, -0.15) is 0 Å². The smallest absolute Gasteiger partial charge is 0.0606 e. The number of hydrogen-bond acceptors (Lipinski definition) is 1. The summed E-state index contributed by atoms with van der Waals surface area (Å²) < 4.78 is 1.12. The van der Waals surface area contributed by atoms with Crippen molar-refractivity contribution in [3.63, 3.8) is 0 Å². The van der Waals surface area contributed by atoms with E-state index in [2.05, 4.69) is 32.3 Å². The number of nitrogens with one attached hydrogen (secondary N) is 2. The van der Waals surface area contributed by atoms with Gasteiger partial charge >= 0.3 is 0 Å². The van der Waals surface area contributed by atoms with Crippen molar-refractivity contribution in [2.24, 2.45) is 0 Å². The van der Waals surface area contributed by atoms with E-state index < -0.39 is 0 Å². The van der Waals surface area contributed by atoms with Gasteiger partial charge in [0.25, 0.3) is 0 Å². The van der Waals surface area contributed by atoms with E-state index in [9.17, 15) is 0 Å². The molecular formula is C9H9BrN2. The van der Waals surface area contributed by atoms with E-state index in [4.69, 9.17) is 0 Å². The Balaban J connectivity index is 2.83. The van der Waals surface area contributed by atoms with Crippen LogP contribution in [0.25, 0.3) is 10.9 Å². The van der Waals surface area contributed by atoms with Crippen molar-refractivity contribution >= 4 is 32.5 Å². The minimum atomic E-state index is 1.12. The van der Waals surface area contributed by atoms with Crippen molar-refractivity contribution in [3.05, 3.63) is 28.9 Å². The zero-order chi connectivity index (χ0) is 8.55. The number of halogens is 1. The Labute approximate surface area is 79.1 Å². The molecule has 0 saturated carbocycles. The lowest BCUT2D eigenvalue weighted by molar-refractivity contribution is 1.45. The molecule has 0 fully saturated rings. The third-order valence-electron chi connectivity index (χ3n) is 1.92. The Morgan fingerprint density at radius 3 is 3.00 bits per heavy atom. The maximum atomic E-state index is 3.51. The molecule has 0 spiro atoms. The molecule has 3 heteroatoms. The SMILES string of the molecule is CNc1c[nH]c2cccc(Br)c12. The number of anilines is 1. The van der Waals surface area contributed by atoms with Crippen molar-refractivity contribution in [2.75, 3.05) is 12.4 Å². The molecule has 0 atom stereocenters. The summed E-state index contributed by atoms with van der Waals surface area (Å²) in [5.41, 5.74) is 2.27. The summed E-state index contributed by atoms with van der Waals surface area (Å²) in [6.45, 7) is 0. The van der Waals surface area contributed by atoms with Crippen molar-refractivity contribution in [1.82, 2.24) is 4.98 Å². The Hall–Kier alpha value is -0.960. The highest BCUT2D eigenvalue weighted by Crippen LogP contribution is 2.29. The highest BCUT2D eigenvalue weighted by Gasteiger charge is 2.03. The predicted molar refractivity (Wildman–Crippen MR) is 55.5 cm³/mol. The number of hydrogen-bond donors (Lipinski definition) is 2. The summed E-state index contributed by atoms with van der Waals surface area (Å²) >= 11 is 3.51. The number of H-pyrrole nitrogens is 1. The van der Waals surface area contributed by atoms with E-state index in [1.807, 2.05) is 25.4 Å². The second kappa shape index (κ2) is 2.83. The molecule has 2 nitrogen and oxygen atoms in total. The second-order valence-electron chi connectivity index (χ2n) is 2.61. The fourth-order valence-electron chi connectivity index (χ4n) is 1.34. The lowest BCUT2D eigenvalue weighted by Crippen LogP contribution is -1.84. The summed E-state index contributed by atoms with van der Waals surface area (Å²) in [7, 11) is 1.92. The van der Waals surface area contributed by atoms with E-state index in [0.717, 1.165) is 15.7 Å². The molecule has 2 rings (SSSR count). The van der Waals surface area contributed by atoms with Gasteiger partial charge in [-0.05, 0) is 12.1 Å². The first kappa shape index (κ1) is 7.68. The first-order valence-electron chi connectivity index (χ1n) is 3.76. The normalized spacial score (nSPS) is 10.5. The van der Waals surface area contributed by atoms with Crippen LogP contribution in [0.5, 0.6) is 0 Å². The highest BCUT2D eigenvalue weighted by atomic mass is 79.9. The van der Waals surface area contributed by atoms with Gasteiger partial charge in [0.1, 0.15) is 0 Å². The van der Waals surface area contributed by atoms with E-state index in [1.165, 1.54) is 5.39 Å². The van der Waals surface area contributed by atoms with Crippen LogP contribution < -0.4 is 5.32 Å². The number of benzene rings is 1. The summed E-state index contributed by atoms with van der Waals surface area (Å²) in [4.78, 5) is 3.19. The van der Waals surface area contributed by atoms with Gasteiger partial charge in [-0.15, -0.1) is 0 Å². The number of aromatic nitrogens is 1. The van der Waals surface area contributed by atoms with Crippen LogP contribution in [0.15, 0.2) is 28.9 Å². The third-order valence-corrected chi connectivity index (χ3v) is 2.59. The van der Waals surface area contributed by atoms with Gasteiger partial charge in [0, 0.05) is 28.6 Å². The second-order valence-corrected chi connectivity index (χ2v) is 3.47. The van der Waals surface area contributed by atoms with Crippen LogP contribution in [-0.4, -0.2) is 12.0 Å². The van der Waals surface area contributed by atoms with Gasteiger partial charge in [-0.1, -0.05) is 22.0 Å². The van der Waals surface area contributed by atoms with Crippen LogP contribution in [0.3, 0.4) is 0 Å². The minimum absolute atomic E-state index is 1.12. The van der Waals surface area contributed by atoms with Crippen LogP contribution in [0.4, 0.5) is 5.69 Å². The van der Waals surface area contributed by atoms with Gasteiger partial charge < -0.3 is 10.3 Å². The van der Waals surface area contributed by atoms with Crippen LogP contribution in [0.1, 0.15) is 0 Å². The molecular weight excluding hydrogens is 216 g/mol. The van der Waals surface area contributed by atoms with Crippen LogP contribution in [0, 0.1) is 0 Å². The fraction of sp³-hybridized carbons (Fsp3) is 0.111. The molecule has 0 aliphatic rings. The Bertz CT molecular complexity index is 406. The largest absolute Gasteiger partial charge is 0.386 e. The molecule has 62 valence electrons. The van der Waals surface area contributed by atoms with Crippen LogP contribution in [-0.2, 0) is 0 Å². The van der Waals surface area contributed by atoms with Crippen molar-refractivity contribution in [2.45, 2.75) is 0 Å². The topological polar surface area (TPSA) is 27.8 Å². The fourth-order valence-corrected chi connectivity index (χ4v) is 1.92. The molecule has 0 unspecified atom stereocenters. The van der Waals surface area contributed by atoms with E-state index >= 15 is 0 Å². The van der Waals surface area contributed by atoms with Gasteiger partial charge in [0.2, 0.25) is 0 Å². The molecule has 2 N–H and O–H groups in total. The summed E-state index contributed by atoms with van der Waals surface area (Å²) in [5.74, 6) is 0. The van der Waals surface area contributed by atoms with Crippen LogP contribution in [0.2, 0.25) is 0 Å². The molecule has 1 aromatic heterocycles. The number of fused-ring (bicyclic) bond motifs is 1. The third kappa shape index (κ3) is 1.01. The minimum Gasteiger partial charge on any atom is -0.386 e. The standard InChI is InChI=1S/C9H9BrN2/c1-11-8-5-12-7-4-2-3-6(10)9(7)8/h2-5,11-12H,1H3. The Kier molecular flexibility index (Phi) is 1.81. The first-order valence-corrected chi connectivity index (χ1v) is 4.55. The van der Waals surface area contributed by atoms with E-state index in [0.29, 0.717) is 0 Å². The predicted octanol–water partition coefficient (Wildman–Crippen LogP) is 2.97. The van der Waals surface area contributed by atoms with Crippen molar-refractivity contribution in [1.29, 1.82) is 0 Å². The zero-order valence-corrected chi connectivity index (χ0v) is 8.27. The first-order chi connectivity index (χ1) is 5.83. The zero-order valence-electron chi connectivity index (χ0n) is 6.69. The Morgan fingerprint density at radius 2 is 2.25 bits per heavy atom. The lowest BCUT2D eigenvalue weighted by Gasteiger charge is -1.98. The molecule has 1 aromatic carbocycles. The van der Waals surface area contributed by atoms with Gasteiger partial charge in [0.05, 0.1) is 5.69 Å². The van der Waals surface area contributed by atoms with Crippen LogP contribution >= 0.6 is 15.9 Å². The Morgan fingerprint density at radius 1 is 1.42 bits per heavy atom. The molecule has 0 aliphatic heterocycles. The lowest BCUT2D eigenvalue weighted by atomic mass is 10.2.